The molecule has 0 radical (unpaired) electrons. The number of hydrogen-bond acceptors (Lipinski definition) is 4. The number of anilines is 1. The lowest BCUT2D eigenvalue weighted by Gasteiger charge is -2.29. The Morgan fingerprint density at radius 1 is 1.44 bits per heavy atom. The second-order valence-electron chi connectivity index (χ2n) is 4.69. The van der Waals surface area contributed by atoms with Crippen molar-refractivity contribution in [3.63, 3.8) is 0 Å². The smallest absolute Gasteiger partial charge is 0.293 e. The van der Waals surface area contributed by atoms with Crippen LogP contribution < -0.4 is 5.32 Å². The van der Waals surface area contributed by atoms with Gasteiger partial charge in [0.2, 0.25) is 0 Å². The first-order valence-corrected chi connectivity index (χ1v) is 6.69. The molecule has 0 spiro atoms. The first kappa shape index (κ1) is 13.3. The van der Waals surface area contributed by atoms with E-state index in [9.17, 15) is 15.2 Å². The summed E-state index contributed by atoms with van der Waals surface area (Å²) in [6.45, 7) is 0.000216. The predicted molar refractivity (Wildman–Crippen MR) is 72.7 cm³/mol. The number of benzene rings is 1. The summed E-state index contributed by atoms with van der Waals surface area (Å²) in [7, 11) is 0. The monoisotopic (exact) mass is 314 g/mol. The maximum absolute atomic E-state index is 11.0. The third-order valence-electron chi connectivity index (χ3n) is 3.42. The Morgan fingerprint density at radius 2 is 2.11 bits per heavy atom. The van der Waals surface area contributed by atoms with E-state index < -0.39 is 10.5 Å². The average molecular weight is 315 g/mol. The van der Waals surface area contributed by atoms with Crippen molar-refractivity contribution in [2.75, 3.05) is 11.9 Å². The van der Waals surface area contributed by atoms with E-state index in [1.54, 1.807) is 12.1 Å². The van der Waals surface area contributed by atoms with E-state index in [1.165, 1.54) is 6.07 Å². The molecule has 0 saturated heterocycles. The van der Waals surface area contributed by atoms with Gasteiger partial charge in [0.1, 0.15) is 5.69 Å². The van der Waals surface area contributed by atoms with E-state index >= 15 is 0 Å². The minimum Gasteiger partial charge on any atom is -0.394 e. The highest BCUT2D eigenvalue weighted by Gasteiger charge is 2.34. The summed E-state index contributed by atoms with van der Waals surface area (Å²) in [5, 5.41) is 23.7. The SMILES string of the molecule is O=[N+]([O-])c1cc(Br)ccc1NC1(CO)CCCC1. The molecule has 2 rings (SSSR count). The molecule has 6 heteroatoms. The highest BCUT2D eigenvalue weighted by Crippen LogP contribution is 2.36. The Bertz CT molecular complexity index is 459. The van der Waals surface area contributed by atoms with Gasteiger partial charge in [-0.25, -0.2) is 0 Å². The Morgan fingerprint density at radius 3 is 2.67 bits per heavy atom. The van der Waals surface area contributed by atoms with Crippen molar-refractivity contribution in [2.45, 2.75) is 31.2 Å². The van der Waals surface area contributed by atoms with E-state index in [0.717, 1.165) is 25.7 Å². The zero-order chi connectivity index (χ0) is 13.2. The van der Waals surface area contributed by atoms with Crippen LogP contribution in [-0.4, -0.2) is 22.2 Å². The van der Waals surface area contributed by atoms with Crippen LogP contribution in [-0.2, 0) is 0 Å². The lowest BCUT2D eigenvalue weighted by Crippen LogP contribution is -2.39. The molecule has 0 aromatic heterocycles. The molecule has 1 fully saturated rings. The fraction of sp³-hybridized carbons (Fsp3) is 0.500. The highest BCUT2D eigenvalue weighted by atomic mass is 79.9. The molecule has 5 nitrogen and oxygen atoms in total. The molecule has 1 saturated carbocycles. The van der Waals surface area contributed by atoms with E-state index in [-0.39, 0.29) is 12.3 Å². The number of aliphatic hydroxyl groups is 1. The van der Waals surface area contributed by atoms with Crippen LogP contribution in [0.5, 0.6) is 0 Å². The molecule has 0 unspecified atom stereocenters. The van der Waals surface area contributed by atoms with Crippen LogP contribution in [0.15, 0.2) is 22.7 Å². The van der Waals surface area contributed by atoms with Gasteiger partial charge in [0.05, 0.1) is 17.1 Å². The van der Waals surface area contributed by atoms with Crippen LogP contribution in [0, 0.1) is 10.1 Å². The van der Waals surface area contributed by atoms with E-state index in [4.69, 9.17) is 0 Å². The predicted octanol–water partition coefficient (Wildman–Crippen LogP) is 3.07. The molecular weight excluding hydrogens is 300 g/mol. The van der Waals surface area contributed by atoms with Gasteiger partial charge in [0.15, 0.2) is 0 Å². The fourth-order valence-electron chi connectivity index (χ4n) is 2.42. The molecule has 1 aliphatic carbocycles. The zero-order valence-electron chi connectivity index (χ0n) is 9.86. The third-order valence-corrected chi connectivity index (χ3v) is 3.91. The molecule has 1 aromatic carbocycles. The lowest BCUT2D eigenvalue weighted by atomic mass is 9.98. The minimum absolute atomic E-state index is 0.000216. The van der Waals surface area contributed by atoms with Crippen molar-refractivity contribution in [1.82, 2.24) is 0 Å². The third kappa shape index (κ3) is 2.64. The number of nitrogens with zero attached hydrogens (tertiary/aromatic N) is 1. The van der Waals surface area contributed by atoms with E-state index in [2.05, 4.69) is 21.2 Å². The molecule has 2 N–H and O–H groups in total. The molecule has 18 heavy (non-hydrogen) atoms. The number of halogens is 1. The minimum atomic E-state index is -0.410. The van der Waals surface area contributed by atoms with Crippen molar-refractivity contribution >= 4 is 27.3 Å². The summed E-state index contributed by atoms with van der Waals surface area (Å²) in [6.07, 6.45) is 3.77. The van der Waals surface area contributed by atoms with Crippen LogP contribution in [0.3, 0.4) is 0 Å². The van der Waals surface area contributed by atoms with Gasteiger partial charge >= 0.3 is 0 Å². The van der Waals surface area contributed by atoms with E-state index in [1.807, 2.05) is 0 Å². The molecule has 1 aromatic rings. The number of nitro groups is 1. The van der Waals surface area contributed by atoms with Crippen LogP contribution >= 0.6 is 15.9 Å². The number of rotatable bonds is 4. The van der Waals surface area contributed by atoms with Gasteiger partial charge in [-0.3, -0.25) is 10.1 Å². The van der Waals surface area contributed by atoms with Crippen LogP contribution in [0.2, 0.25) is 0 Å². The fourth-order valence-corrected chi connectivity index (χ4v) is 2.77. The summed E-state index contributed by atoms with van der Waals surface area (Å²) in [6, 6.07) is 4.91. The Labute approximate surface area is 113 Å². The summed E-state index contributed by atoms with van der Waals surface area (Å²) in [5.41, 5.74) is 0.0988. The first-order chi connectivity index (χ1) is 8.56. The number of hydrogen-bond donors (Lipinski definition) is 2. The van der Waals surface area contributed by atoms with Crippen LogP contribution in [0.4, 0.5) is 11.4 Å². The Kier molecular flexibility index (Phi) is 3.87. The lowest BCUT2D eigenvalue weighted by molar-refractivity contribution is -0.384. The number of aliphatic hydroxyl groups excluding tert-OH is 1. The molecule has 0 bridgehead atoms. The standard InChI is InChI=1S/C12H15BrN2O3/c13-9-3-4-10(11(7-9)15(17)18)14-12(8-16)5-1-2-6-12/h3-4,7,14,16H,1-2,5-6,8H2. The van der Waals surface area contributed by atoms with Gasteiger partial charge in [0, 0.05) is 10.5 Å². The second-order valence-corrected chi connectivity index (χ2v) is 5.60. The first-order valence-electron chi connectivity index (χ1n) is 5.89. The zero-order valence-corrected chi connectivity index (χ0v) is 11.4. The van der Waals surface area contributed by atoms with Gasteiger partial charge in [-0.1, -0.05) is 28.8 Å². The van der Waals surface area contributed by atoms with E-state index in [0.29, 0.717) is 10.2 Å². The maximum Gasteiger partial charge on any atom is 0.293 e. The van der Waals surface area contributed by atoms with Gasteiger partial charge < -0.3 is 10.4 Å². The Hall–Kier alpha value is -1.14. The van der Waals surface area contributed by atoms with Gasteiger partial charge in [-0.2, -0.15) is 0 Å². The van der Waals surface area contributed by atoms with Crippen LogP contribution in [0.25, 0.3) is 0 Å². The normalized spacial score (nSPS) is 17.7. The van der Waals surface area contributed by atoms with Gasteiger partial charge in [-0.15, -0.1) is 0 Å². The quantitative estimate of drug-likeness (QED) is 0.661. The highest BCUT2D eigenvalue weighted by molar-refractivity contribution is 9.10. The summed E-state index contributed by atoms with van der Waals surface area (Å²) < 4.78 is 0.671. The van der Waals surface area contributed by atoms with Gasteiger partial charge in [0.25, 0.3) is 5.69 Å². The van der Waals surface area contributed by atoms with Crippen molar-refractivity contribution in [1.29, 1.82) is 0 Å². The maximum atomic E-state index is 11.0. The molecule has 0 heterocycles. The average Bonchev–Trinajstić information content (AvgIpc) is 2.80. The summed E-state index contributed by atoms with van der Waals surface area (Å²) in [4.78, 5) is 10.6. The van der Waals surface area contributed by atoms with Crippen molar-refractivity contribution < 1.29 is 10.0 Å². The molecule has 98 valence electrons. The van der Waals surface area contributed by atoms with Crippen LogP contribution in [0.1, 0.15) is 25.7 Å². The molecule has 0 amide bonds. The molecular formula is C12H15BrN2O3. The topological polar surface area (TPSA) is 75.4 Å². The molecule has 0 aliphatic heterocycles. The van der Waals surface area contributed by atoms with Crippen molar-refractivity contribution in [3.8, 4) is 0 Å². The number of nitro benzene ring substituents is 1. The summed E-state index contributed by atoms with van der Waals surface area (Å²) in [5.74, 6) is 0. The largest absolute Gasteiger partial charge is 0.394 e. The second kappa shape index (κ2) is 5.24. The molecule has 1 aliphatic rings. The summed E-state index contributed by atoms with van der Waals surface area (Å²) >= 11 is 3.23. The van der Waals surface area contributed by atoms with Gasteiger partial charge in [-0.05, 0) is 25.0 Å². The number of nitrogens with one attached hydrogen (secondary N) is 1. The van der Waals surface area contributed by atoms with Crippen molar-refractivity contribution in [2.24, 2.45) is 0 Å². The Balaban J connectivity index is 2.30. The molecule has 0 atom stereocenters. The van der Waals surface area contributed by atoms with Crippen molar-refractivity contribution in [3.05, 3.63) is 32.8 Å².